The summed E-state index contributed by atoms with van der Waals surface area (Å²) in [4.78, 5) is 28.2. The normalized spacial score (nSPS) is 22.7. The summed E-state index contributed by atoms with van der Waals surface area (Å²) < 4.78 is 0. The Hall–Kier alpha value is -2.31. The van der Waals surface area contributed by atoms with Crippen molar-refractivity contribution in [2.24, 2.45) is 9.98 Å². The van der Waals surface area contributed by atoms with E-state index in [1.165, 1.54) is 18.4 Å². The second kappa shape index (κ2) is 3.12. The van der Waals surface area contributed by atoms with E-state index in [0.29, 0.717) is 0 Å². The van der Waals surface area contributed by atoms with E-state index in [4.69, 9.17) is 5.11 Å². The van der Waals surface area contributed by atoms with E-state index in [1.807, 2.05) is 0 Å². The van der Waals surface area contributed by atoms with Gasteiger partial charge in [0.25, 0.3) is 0 Å². The van der Waals surface area contributed by atoms with Crippen molar-refractivity contribution < 1.29 is 14.8 Å². The molecule has 2 aliphatic heterocycles. The third-order valence-electron chi connectivity index (χ3n) is 2.00. The van der Waals surface area contributed by atoms with Crippen LogP contribution >= 0.6 is 0 Å². The van der Waals surface area contributed by atoms with E-state index < -0.39 is 28.5 Å². The summed E-state index contributed by atoms with van der Waals surface area (Å²) in [6.07, 6.45) is 3.62. The number of fused-ring (bicyclic) bond motifs is 1. The molecule has 1 N–H and O–H groups in total. The second-order valence-corrected chi connectivity index (χ2v) is 2.87. The monoisotopic (exact) mass is 207 g/mol. The number of hydrogen-bond donors (Lipinski definition) is 1. The lowest BCUT2D eigenvalue weighted by Gasteiger charge is -2.04. The Balaban J connectivity index is 2.57. The summed E-state index contributed by atoms with van der Waals surface area (Å²) >= 11 is 0. The summed E-state index contributed by atoms with van der Waals surface area (Å²) in [6, 6.07) is 0. The van der Waals surface area contributed by atoms with Crippen LogP contribution in [-0.4, -0.2) is 34.1 Å². The van der Waals surface area contributed by atoms with Crippen LogP contribution in [0.1, 0.15) is 0 Å². The average Bonchev–Trinajstić information content (AvgIpc) is 2.56. The highest BCUT2D eigenvalue weighted by molar-refractivity contribution is 6.42. The molecular weight excluding hydrogens is 202 g/mol. The first-order valence-electron chi connectivity index (χ1n) is 4.01. The van der Waals surface area contributed by atoms with Crippen LogP contribution in [0.15, 0.2) is 33.4 Å². The first-order chi connectivity index (χ1) is 7.11. The van der Waals surface area contributed by atoms with Crippen LogP contribution in [0.2, 0.25) is 0 Å². The van der Waals surface area contributed by atoms with Crippen LogP contribution in [0, 0.1) is 10.1 Å². The molecular formula is C8H5N3O4. The van der Waals surface area contributed by atoms with Crippen molar-refractivity contribution in [2.45, 2.75) is 6.17 Å². The van der Waals surface area contributed by atoms with Crippen LogP contribution in [0.4, 0.5) is 0 Å². The van der Waals surface area contributed by atoms with Gasteiger partial charge in [-0.3, -0.25) is 15.1 Å². The van der Waals surface area contributed by atoms with Gasteiger partial charge in [-0.2, -0.15) is 0 Å². The Labute approximate surface area is 83.3 Å². The molecule has 0 aromatic rings. The molecule has 0 aliphatic carbocycles. The molecule has 0 aromatic heterocycles. The molecule has 1 atom stereocenters. The number of carboxylic acid groups (broad SMARTS) is 1. The van der Waals surface area contributed by atoms with E-state index in [-0.39, 0.29) is 5.57 Å². The number of carboxylic acids is 1. The summed E-state index contributed by atoms with van der Waals surface area (Å²) in [5.41, 5.74) is -0.788. The number of nitro groups is 1. The van der Waals surface area contributed by atoms with Crippen molar-refractivity contribution in [1.82, 2.24) is 0 Å². The largest absolute Gasteiger partial charge is 0.476 e. The number of aliphatic carboxylic acids is 1. The molecule has 15 heavy (non-hydrogen) atoms. The van der Waals surface area contributed by atoms with E-state index in [0.717, 1.165) is 0 Å². The second-order valence-electron chi connectivity index (χ2n) is 2.87. The third-order valence-corrected chi connectivity index (χ3v) is 2.00. The first-order valence-corrected chi connectivity index (χ1v) is 4.01. The lowest BCUT2D eigenvalue weighted by molar-refractivity contribution is -0.415. The van der Waals surface area contributed by atoms with Gasteiger partial charge in [0.2, 0.25) is 5.71 Å². The molecule has 0 saturated carbocycles. The Morgan fingerprint density at radius 1 is 1.60 bits per heavy atom. The Morgan fingerprint density at radius 2 is 2.33 bits per heavy atom. The fraction of sp³-hybridized carbons (Fsp3) is 0.125. The molecule has 1 unspecified atom stereocenters. The highest BCUT2D eigenvalue weighted by Crippen LogP contribution is 2.26. The van der Waals surface area contributed by atoms with Crippen molar-refractivity contribution >= 4 is 17.9 Å². The summed E-state index contributed by atoms with van der Waals surface area (Å²) in [7, 11) is 0. The van der Waals surface area contributed by atoms with Crippen LogP contribution in [0.5, 0.6) is 0 Å². The lowest BCUT2D eigenvalue weighted by Crippen LogP contribution is -2.19. The van der Waals surface area contributed by atoms with Gasteiger partial charge in [0, 0.05) is 6.21 Å². The fourth-order valence-corrected chi connectivity index (χ4v) is 1.42. The van der Waals surface area contributed by atoms with Crippen molar-refractivity contribution in [2.75, 3.05) is 0 Å². The van der Waals surface area contributed by atoms with Crippen LogP contribution < -0.4 is 0 Å². The number of carbonyl (C=O) groups is 1. The molecule has 0 amide bonds. The minimum absolute atomic E-state index is 0.222. The zero-order valence-electron chi connectivity index (χ0n) is 7.32. The molecule has 0 radical (unpaired) electrons. The van der Waals surface area contributed by atoms with Crippen molar-refractivity contribution in [3.8, 4) is 0 Å². The molecule has 0 aromatic carbocycles. The van der Waals surface area contributed by atoms with Gasteiger partial charge in [0.05, 0.1) is 10.5 Å². The third kappa shape index (κ3) is 1.33. The van der Waals surface area contributed by atoms with Gasteiger partial charge in [-0.05, 0) is 12.2 Å². The first kappa shape index (κ1) is 9.25. The maximum absolute atomic E-state index is 10.7. The molecule has 2 rings (SSSR count). The van der Waals surface area contributed by atoms with Gasteiger partial charge in [0.1, 0.15) is 0 Å². The number of hydrogen-bond acceptors (Lipinski definition) is 5. The van der Waals surface area contributed by atoms with Gasteiger partial charge < -0.3 is 5.11 Å². The summed E-state index contributed by atoms with van der Waals surface area (Å²) in [6.45, 7) is 0. The minimum atomic E-state index is -1.41. The standard InChI is InChI=1S/C8H5N3O4/c12-8(13)5-6(11(14)15)4-2-1-3-9-7(4)10-5/h1-3,7H,(H,12,13). The molecule has 0 fully saturated rings. The molecule has 7 heteroatoms. The number of nitrogens with zero attached hydrogens (tertiary/aromatic N) is 3. The predicted octanol–water partition coefficient (Wildman–Crippen LogP) is 0.0231. The van der Waals surface area contributed by atoms with Crippen LogP contribution in [0.25, 0.3) is 0 Å². The average molecular weight is 207 g/mol. The number of dihydropyridines is 1. The van der Waals surface area contributed by atoms with E-state index >= 15 is 0 Å². The van der Waals surface area contributed by atoms with Crippen molar-refractivity contribution in [3.63, 3.8) is 0 Å². The molecule has 2 aliphatic rings. The number of allylic oxidation sites excluding steroid dienone is 1. The smallest absolute Gasteiger partial charge is 0.361 e. The minimum Gasteiger partial charge on any atom is -0.476 e. The highest BCUT2D eigenvalue weighted by Gasteiger charge is 2.39. The SMILES string of the molecule is O=C(O)C1=NC2N=CC=CC2=C1[N+](=O)[O-]. The Bertz CT molecular complexity index is 472. The maximum atomic E-state index is 10.7. The van der Waals surface area contributed by atoms with Crippen molar-refractivity contribution in [1.29, 1.82) is 0 Å². The molecule has 2 heterocycles. The topological polar surface area (TPSA) is 105 Å². The maximum Gasteiger partial charge on any atom is 0.361 e. The van der Waals surface area contributed by atoms with Gasteiger partial charge in [-0.15, -0.1) is 0 Å². The summed E-state index contributed by atoms with van der Waals surface area (Å²) in [5.74, 6) is -1.41. The number of aliphatic imine (C=N–C) groups is 2. The zero-order valence-corrected chi connectivity index (χ0v) is 7.32. The van der Waals surface area contributed by atoms with E-state index in [9.17, 15) is 14.9 Å². The predicted molar refractivity (Wildman–Crippen MR) is 50.5 cm³/mol. The quantitative estimate of drug-likeness (QED) is 0.509. The molecule has 0 spiro atoms. The van der Waals surface area contributed by atoms with Gasteiger partial charge in [-0.1, -0.05) is 0 Å². The summed E-state index contributed by atoms with van der Waals surface area (Å²) in [5, 5.41) is 19.4. The van der Waals surface area contributed by atoms with Gasteiger partial charge >= 0.3 is 11.7 Å². The Kier molecular flexibility index (Phi) is 1.93. The fourth-order valence-electron chi connectivity index (χ4n) is 1.42. The molecule has 76 valence electrons. The van der Waals surface area contributed by atoms with Crippen LogP contribution in [0.3, 0.4) is 0 Å². The lowest BCUT2D eigenvalue weighted by atomic mass is 10.1. The van der Waals surface area contributed by atoms with Gasteiger partial charge in [0.15, 0.2) is 6.17 Å². The number of rotatable bonds is 2. The molecule has 7 nitrogen and oxygen atoms in total. The van der Waals surface area contributed by atoms with Crippen molar-refractivity contribution in [3.05, 3.63) is 33.5 Å². The Morgan fingerprint density at radius 3 is 2.93 bits per heavy atom. The zero-order chi connectivity index (χ0) is 11.0. The molecule has 0 bridgehead atoms. The van der Waals surface area contributed by atoms with E-state index in [2.05, 4.69) is 9.98 Å². The van der Waals surface area contributed by atoms with Crippen LogP contribution in [-0.2, 0) is 4.79 Å². The van der Waals surface area contributed by atoms with E-state index in [1.54, 1.807) is 0 Å². The molecule has 0 saturated heterocycles. The highest BCUT2D eigenvalue weighted by atomic mass is 16.6. The van der Waals surface area contributed by atoms with Gasteiger partial charge in [-0.25, -0.2) is 9.79 Å².